The third kappa shape index (κ3) is 4.06. The number of fused-ring (bicyclic) bond motifs is 1. The van der Waals surface area contributed by atoms with Gasteiger partial charge in [-0.25, -0.2) is 0 Å². The van der Waals surface area contributed by atoms with Crippen LogP contribution in [-0.2, 0) is 6.54 Å². The average Bonchev–Trinajstić information content (AvgIpc) is 3.18. The third-order valence-electron chi connectivity index (χ3n) is 6.27. The van der Waals surface area contributed by atoms with E-state index in [9.17, 15) is 0 Å². The first-order valence-corrected chi connectivity index (χ1v) is 10.9. The minimum absolute atomic E-state index is 0.670. The van der Waals surface area contributed by atoms with E-state index in [2.05, 4.69) is 45.9 Å². The molecule has 31 heavy (non-hydrogen) atoms. The minimum Gasteiger partial charge on any atom is -0.497 e. The molecule has 3 aromatic heterocycles. The van der Waals surface area contributed by atoms with Crippen LogP contribution in [0.2, 0.25) is 0 Å². The lowest BCUT2D eigenvalue weighted by Crippen LogP contribution is -2.33. The number of rotatable bonds is 5. The number of benzene rings is 1. The van der Waals surface area contributed by atoms with Crippen molar-refractivity contribution in [1.29, 1.82) is 0 Å². The Morgan fingerprint density at radius 3 is 2.84 bits per heavy atom. The van der Waals surface area contributed by atoms with Gasteiger partial charge < -0.3 is 14.2 Å². The number of hydrogen-bond acceptors (Lipinski definition) is 4. The molecule has 0 spiro atoms. The second-order valence-electron chi connectivity index (χ2n) is 8.53. The van der Waals surface area contributed by atoms with Crippen LogP contribution >= 0.6 is 0 Å². The summed E-state index contributed by atoms with van der Waals surface area (Å²) in [5.41, 5.74) is 6.62. The average molecular weight is 413 g/mol. The standard InChI is InChI=1S/C26H28N4O/c1-29-11-5-6-19(16-29)17-30-18-24(26-25(30)9-4-10-28-26)22-12-21(14-27-15-22)20-7-3-8-23(13-20)31-2/h3-4,7-10,12-15,18-19H,5-6,11,16-17H2,1-2H3. The zero-order chi connectivity index (χ0) is 21.2. The second kappa shape index (κ2) is 8.52. The van der Waals surface area contributed by atoms with Gasteiger partial charge in [-0.3, -0.25) is 9.97 Å². The quantitative estimate of drug-likeness (QED) is 0.457. The molecule has 1 atom stereocenters. The van der Waals surface area contributed by atoms with Crippen LogP contribution in [0.3, 0.4) is 0 Å². The summed E-state index contributed by atoms with van der Waals surface area (Å²) in [6, 6.07) is 14.5. The molecule has 4 aromatic rings. The molecule has 1 aliphatic rings. The van der Waals surface area contributed by atoms with Gasteiger partial charge >= 0.3 is 0 Å². The lowest BCUT2D eigenvalue weighted by Gasteiger charge is -2.30. The maximum absolute atomic E-state index is 5.39. The van der Waals surface area contributed by atoms with Crippen LogP contribution in [0.5, 0.6) is 5.75 Å². The van der Waals surface area contributed by atoms with Crippen LogP contribution in [0.25, 0.3) is 33.3 Å². The Balaban J connectivity index is 1.53. The largest absolute Gasteiger partial charge is 0.497 e. The van der Waals surface area contributed by atoms with Crippen LogP contribution in [0.4, 0.5) is 0 Å². The highest BCUT2D eigenvalue weighted by molar-refractivity contribution is 5.93. The number of aromatic nitrogens is 3. The Morgan fingerprint density at radius 1 is 1.06 bits per heavy atom. The van der Waals surface area contributed by atoms with Crippen molar-refractivity contribution in [3.8, 4) is 28.0 Å². The van der Waals surface area contributed by atoms with Crippen molar-refractivity contribution in [3.63, 3.8) is 0 Å². The SMILES string of the molecule is COc1cccc(-c2cncc(-c3cn(CC4CCCN(C)C4)c4cccnc34)c2)c1. The van der Waals surface area contributed by atoms with Gasteiger partial charge in [0.1, 0.15) is 5.75 Å². The number of hydrogen-bond donors (Lipinski definition) is 0. The van der Waals surface area contributed by atoms with Crippen molar-refractivity contribution in [2.75, 3.05) is 27.2 Å². The number of nitrogens with zero attached hydrogens (tertiary/aromatic N) is 4. The molecule has 1 unspecified atom stereocenters. The van der Waals surface area contributed by atoms with Gasteiger partial charge in [0.25, 0.3) is 0 Å². The zero-order valence-corrected chi connectivity index (χ0v) is 18.2. The Morgan fingerprint density at radius 2 is 1.97 bits per heavy atom. The van der Waals surface area contributed by atoms with E-state index in [-0.39, 0.29) is 0 Å². The Labute approximate surface area is 183 Å². The molecule has 0 radical (unpaired) electrons. The molecular formula is C26H28N4O. The van der Waals surface area contributed by atoms with Crippen molar-refractivity contribution in [1.82, 2.24) is 19.4 Å². The molecule has 5 nitrogen and oxygen atoms in total. The van der Waals surface area contributed by atoms with Crippen LogP contribution in [0.1, 0.15) is 12.8 Å². The molecule has 0 amide bonds. The van der Waals surface area contributed by atoms with Crippen LogP contribution in [0, 0.1) is 5.92 Å². The summed E-state index contributed by atoms with van der Waals surface area (Å²) in [6.45, 7) is 3.39. The van der Waals surface area contributed by atoms with E-state index in [0.717, 1.165) is 46.6 Å². The number of piperidine rings is 1. The maximum atomic E-state index is 5.39. The van der Waals surface area contributed by atoms with Crippen molar-refractivity contribution in [2.24, 2.45) is 5.92 Å². The molecule has 4 heterocycles. The van der Waals surface area contributed by atoms with Crippen molar-refractivity contribution >= 4 is 11.0 Å². The molecule has 1 aliphatic heterocycles. The van der Waals surface area contributed by atoms with Crippen molar-refractivity contribution in [3.05, 3.63) is 67.3 Å². The van der Waals surface area contributed by atoms with Gasteiger partial charge in [0.05, 0.1) is 18.1 Å². The molecule has 5 rings (SSSR count). The van der Waals surface area contributed by atoms with Crippen LogP contribution in [0.15, 0.2) is 67.3 Å². The number of likely N-dealkylation sites (tertiary alicyclic amines) is 1. The topological polar surface area (TPSA) is 43.2 Å². The predicted molar refractivity (Wildman–Crippen MR) is 125 cm³/mol. The molecule has 1 saturated heterocycles. The summed E-state index contributed by atoms with van der Waals surface area (Å²) in [6.07, 6.45) is 10.5. The zero-order valence-electron chi connectivity index (χ0n) is 18.2. The monoisotopic (exact) mass is 412 g/mol. The Bertz CT molecular complexity index is 1200. The van der Waals surface area contributed by atoms with Gasteiger partial charge in [-0.15, -0.1) is 0 Å². The summed E-state index contributed by atoms with van der Waals surface area (Å²) in [4.78, 5) is 11.7. The van der Waals surface area contributed by atoms with E-state index in [4.69, 9.17) is 9.72 Å². The van der Waals surface area contributed by atoms with Gasteiger partial charge in [-0.1, -0.05) is 12.1 Å². The highest BCUT2D eigenvalue weighted by atomic mass is 16.5. The van der Waals surface area contributed by atoms with Gasteiger partial charge in [0.15, 0.2) is 0 Å². The van der Waals surface area contributed by atoms with E-state index in [0.29, 0.717) is 5.92 Å². The summed E-state index contributed by atoms with van der Waals surface area (Å²) in [7, 11) is 3.92. The fourth-order valence-corrected chi connectivity index (χ4v) is 4.73. The van der Waals surface area contributed by atoms with Crippen molar-refractivity contribution in [2.45, 2.75) is 19.4 Å². The highest BCUT2D eigenvalue weighted by Gasteiger charge is 2.20. The predicted octanol–water partition coefficient (Wildman–Crippen LogP) is 5.12. The minimum atomic E-state index is 0.670. The molecule has 1 fully saturated rings. The van der Waals surface area contributed by atoms with E-state index in [1.165, 1.54) is 24.9 Å². The first-order valence-electron chi connectivity index (χ1n) is 10.9. The van der Waals surface area contributed by atoms with Crippen molar-refractivity contribution < 1.29 is 4.74 Å². The summed E-state index contributed by atoms with van der Waals surface area (Å²) in [5, 5.41) is 0. The lowest BCUT2D eigenvalue weighted by molar-refractivity contribution is 0.196. The molecule has 0 aliphatic carbocycles. The van der Waals surface area contributed by atoms with Crippen LogP contribution < -0.4 is 4.74 Å². The van der Waals surface area contributed by atoms with Crippen LogP contribution in [-0.4, -0.2) is 46.7 Å². The molecular weight excluding hydrogens is 384 g/mol. The van der Waals surface area contributed by atoms with E-state index < -0.39 is 0 Å². The second-order valence-corrected chi connectivity index (χ2v) is 8.53. The molecule has 1 aromatic carbocycles. The lowest BCUT2D eigenvalue weighted by atomic mass is 9.98. The third-order valence-corrected chi connectivity index (χ3v) is 6.27. The van der Waals surface area contributed by atoms with Gasteiger partial charge in [0, 0.05) is 54.6 Å². The first kappa shape index (κ1) is 19.8. The summed E-state index contributed by atoms with van der Waals surface area (Å²) < 4.78 is 7.78. The fourth-order valence-electron chi connectivity index (χ4n) is 4.73. The fraction of sp³-hybridized carbons (Fsp3) is 0.308. The van der Waals surface area contributed by atoms with E-state index in [1.54, 1.807) is 7.11 Å². The summed E-state index contributed by atoms with van der Waals surface area (Å²) in [5.74, 6) is 1.52. The highest BCUT2D eigenvalue weighted by Crippen LogP contribution is 2.33. The van der Waals surface area contributed by atoms with Gasteiger partial charge in [-0.2, -0.15) is 0 Å². The maximum Gasteiger partial charge on any atom is 0.119 e. The van der Waals surface area contributed by atoms with Gasteiger partial charge in [0.2, 0.25) is 0 Å². The normalized spacial score (nSPS) is 17.2. The molecule has 0 saturated carbocycles. The molecule has 5 heteroatoms. The number of methoxy groups -OCH3 is 1. The molecule has 158 valence electrons. The first-order chi connectivity index (χ1) is 15.2. The van der Waals surface area contributed by atoms with Gasteiger partial charge in [-0.05, 0) is 68.2 Å². The van der Waals surface area contributed by atoms with E-state index in [1.807, 2.05) is 42.9 Å². The number of ether oxygens (including phenoxy) is 1. The summed E-state index contributed by atoms with van der Waals surface area (Å²) >= 11 is 0. The van der Waals surface area contributed by atoms with E-state index >= 15 is 0 Å². The molecule has 0 N–H and O–H groups in total. The molecule has 0 bridgehead atoms. The Hall–Kier alpha value is -3.18. The Kier molecular flexibility index (Phi) is 5.43. The number of pyridine rings is 2. The smallest absolute Gasteiger partial charge is 0.119 e.